The number of hydrogen-bond donors (Lipinski definition) is 1. The van der Waals surface area contributed by atoms with Crippen LogP contribution < -0.4 is 21.1 Å². The molecule has 8 aromatic carbocycles. The van der Waals surface area contributed by atoms with Gasteiger partial charge in [0.25, 0.3) is 0 Å². The molecule has 1 radical (unpaired) electrons. The largest absolute Gasteiger partial charge is 0.355 e. The molecular weight excluding hydrogens is 784 g/mol. The lowest BCUT2D eigenvalue weighted by atomic mass is 9.55. The van der Waals surface area contributed by atoms with Crippen molar-refractivity contribution >= 4 is 57.4 Å². The van der Waals surface area contributed by atoms with Gasteiger partial charge in [-0.1, -0.05) is 176 Å². The molecule has 321 valence electrons. The zero-order valence-corrected chi connectivity index (χ0v) is 39.4. The molecule has 2 nitrogen and oxygen atoms in total. The Balaban J connectivity index is 1.16. The van der Waals surface area contributed by atoms with Crippen molar-refractivity contribution in [2.24, 2.45) is 0 Å². The number of benzene rings is 8. The number of hydrogen-bond acceptors (Lipinski definition) is 2. The van der Waals surface area contributed by atoms with Crippen LogP contribution in [0, 0.1) is 0 Å². The van der Waals surface area contributed by atoms with Gasteiger partial charge in [-0.05, 0) is 157 Å². The first-order chi connectivity index (χ1) is 31.2. The fourth-order valence-corrected chi connectivity index (χ4v) is 11.4. The number of fused-ring (bicyclic) bond motifs is 6. The highest BCUT2D eigenvalue weighted by Gasteiger charge is 2.41. The Kier molecular flexibility index (Phi) is 9.63. The molecule has 0 spiro atoms. The van der Waals surface area contributed by atoms with Gasteiger partial charge in [0.2, 0.25) is 0 Å². The maximum Gasteiger partial charge on any atom is 0.197 e. The summed E-state index contributed by atoms with van der Waals surface area (Å²) in [6.45, 7) is 19.4. The minimum absolute atomic E-state index is 0.0625. The zero-order valence-electron chi connectivity index (χ0n) is 39.4. The van der Waals surface area contributed by atoms with Crippen LogP contribution in [0.15, 0.2) is 164 Å². The summed E-state index contributed by atoms with van der Waals surface area (Å²) < 4.78 is 0. The fraction of sp³-hybridized carbons (Fsp3) is 0.258. The molecule has 8 aromatic rings. The molecule has 1 heterocycles. The Hall–Kier alpha value is -6.32. The summed E-state index contributed by atoms with van der Waals surface area (Å²) in [5, 5.41) is 6.50. The normalized spacial score (nSPS) is 17.3. The van der Waals surface area contributed by atoms with E-state index in [2.05, 4.69) is 237 Å². The highest BCUT2D eigenvalue weighted by atomic mass is 15.2. The second-order valence-electron chi connectivity index (χ2n) is 21.8. The summed E-state index contributed by atoms with van der Waals surface area (Å²) in [5.41, 5.74) is 21.9. The van der Waals surface area contributed by atoms with E-state index in [1.54, 1.807) is 0 Å². The number of nitrogens with one attached hydrogen (secondary N) is 1. The average Bonchev–Trinajstić information content (AvgIpc) is 3.31. The van der Waals surface area contributed by atoms with Gasteiger partial charge in [0.15, 0.2) is 7.28 Å². The molecule has 0 aromatic heterocycles. The van der Waals surface area contributed by atoms with Crippen LogP contribution in [0.3, 0.4) is 0 Å². The summed E-state index contributed by atoms with van der Waals surface area (Å²) in [6, 6.07) is 61.6. The first-order valence-corrected chi connectivity index (χ1v) is 23.8. The van der Waals surface area contributed by atoms with Crippen molar-refractivity contribution in [2.45, 2.75) is 103 Å². The average molecular weight is 844 g/mol. The fourth-order valence-electron chi connectivity index (χ4n) is 11.4. The Labute approximate surface area is 388 Å². The van der Waals surface area contributed by atoms with Crippen molar-refractivity contribution in [3.8, 4) is 33.4 Å². The van der Waals surface area contributed by atoms with Crippen molar-refractivity contribution in [1.82, 2.24) is 0 Å². The predicted octanol–water partition coefficient (Wildman–Crippen LogP) is 15.7. The Morgan fingerprint density at radius 2 is 0.985 bits per heavy atom. The second-order valence-corrected chi connectivity index (χ2v) is 21.8. The SMILES string of the molecule is CC1(C)CCC(C)(C)c2cc(Nc3ccc(-c4ccccc4)cc3-c3cc4ccccc4c4c3[B]c3cc5c(cc3N4c3ccc(-c4ccccc4)cc3)C(C)(C)CCC5(C)C)ccc21. The number of nitrogens with zero attached hydrogens (tertiary/aromatic N) is 1. The molecule has 3 aliphatic rings. The Morgan fingerprint density at radius 1 is 0.446 bits per heavy atom. The van der Waals surface area contributed by atoms with Crippen LogP contribution in [0.4, 0.5) is 28.4 Å². The second kappa shape index (κ2) is 15.1. The lowest BCUT2D eigenvalue weighted by Crippen LogP contribution is -2.44. The molecule has 65 heavy (non-hydrogen) atoms. The van der Waals surface area contributed by atoms with Gasteiger partial charge < -0.3 is 10.2 Å². The molecule has 0 amide bonds. The first kappa shape index (κ1) is 41.4. The molecule has 0 unspecified atom stereocenters. The molecule has 0 fully saturated rings. The maximum absolute atomic E-state index is 4.04. The molecule has 0 bridgehead atoms. The third-order valence-corrected chi connectivity index (χ3v) is 15.6. The quantitative estimate of drug-likeness (QED) is 0.168. The van der Waals surface area contributed by atoms with E-state index < -0.39 is 0 Å². The van der Waals surface area contributed by atoms with Gasteiger partial charge >= 0.3 is 0 Å². The van der Waals surface area contributed by atoms with E-state index in [-0.39, 0.29) is 21.7 Å². The molecule has 0 atom stereocenters. The Bertz CT molecular complexity index is 3140. The summed E-state index contributed by atoms with van der Waals surface area (Å²) >= 11 is 0. The molecular formula is C62H60BN2. The van der Waals surface area contributed by atoms with E-state index in [9.17, 15) is 0 Å². The topological polar surface area (TPSA) is 15.3 Å². The van der Waals surface area contributed by atoms with Crippen LogP contribution in [0.5, 0.6) is 0 Å². The minimum atomic E-state index is 0.0625. The summed E-state index contributed by atoms with van der Waals surface area (Å²) in [5.74, 6) is 0. The van der Waals surface area contributed by atoms with Crippen LogP contribution in [0.25, 0.3) is 44.2 Å². The summed E-state index contributed by atoms with van der Waals surface area (Å²) in [4.78, 5) is 2.59. The predicted molar refractivity (Wildman–Crippen MR) is 280 cm³/mol. The standard InChI is InChI=1S/C62H60BN2/c1-59(2)31-32-60(3,4)51-37-45(26-29-50(51)59)64-55-30-25-43(41-19-13-10-14-20-41)35-48(55)49-36-44-21-15-16-22-47(44)58-57(49)63-54-38-52-53(62(7,8)34-33-61(52,5)6)39-56(54)65(58)46-27-23-42(24-28-46)40-17-11-9-12-18-40/h9-30,35-39,64H,31-34H2,1-8H3. The van der Waals surface area contributed by atoms with E-state index in [4.69, 9.17) is 0 Å². The van der Waals surface area contributed by atoms with Crippen LogP contribution >= 0.6 is 0 Å². The van der Waals surface area contributed by atoms with Crippen LogP contribution in [-0.4, -0.2) is 7.28 Å². The van der Waals surface area contributed by atoms with E-state index >= 15 is 0 Å². The maximum atomic E-state index is 4.04. The summed E-state index contributed by atoms with van der Waals surface area (Å²) in [7, 11) is 2.52. The van der Waals surface area contributed by atoms with Crippen LogP contribution in [0.1, 0.15) is 103 Å². The first-order valence-electron chi connectivity index (χ1n) is 23.8. The molecule has 1 aliphatic heterocycles. The highest BCUT2D eigenvalue weighted by molar-refractivity contribution is 6.74. The monoisotopic (exact) mass is 843 g/mol. The van der Waals surface area contributed by atoms with Gasteiger partial charge in [0.1, 0.15) is 0 Å². The zero-order chi connectivity index (χ0) is 44.9. The lowest BCUT2D eigenvalue weighted by Gasteiger charge is -2.44. The molecule has 3 heteroatoms. The highest BCUT2D eigenvalue weighted by Crippen LogP contribution is 2.51. The third-order valence-electron chi connectivity index (χ3n) is 15.6. The van der Waals surface area contributed by atoms with Crippen LogP contribution in [-0.2, 0) is 21.7 Å². The molecule has 1 N–H and O–H groups in total. The van der Waals surface area contributed by atoms with Crippen molar-refractivity contribution in [3.05, 3.63) is 186 Å². The molecule has 0 saturated carbocycles. The van der Waals surface area contributed by atoms with Crippen molar-refractivity contribution < 1.29 is 0 Å². The lowest BCUT2D eigenvalue weighted by molar-refractivity contribution is 0.332. The molecule has 2 aliphatic carbocycles. The van der Waals surface area contributed by atoms with Gasteiger partial charge in [-0.2, -0.15) is 0 Å². The van der Waals surface area contributed by atoms with E-state index in [0.29, 0.717) is 0 Å². The van der Waals surface area contributed by atoms with Crippen molar-refractivity contribution in [3.63, 3.8) is 0 Å². The molecule has 11 rings (SSSR count). The van der Waals surface area contributed by atoms with Crippen molar-refractivity contribution in [1.29, 1.82) is 0 Å². The number of rotatable bonds is 6. The van der Waals surface area contributed by atoms with E-state index in [1.807, 2.05) is 0 Å². The smallest absolute Gasteiger partial charge is 0.197 e. The number of anilines is 5. The van der Waals surface area contributed by atoms with E-state index in [1.165, 1.54) is 108 Å². The molecule has 0 saturated heterocycles. The van der Waals surface area contributed by atoms with E-state index in [0.717, 1.165) is 23.5 Å². The van der Waals surface area contributed by atoms with Gasteiger partial charge in [-0.3, -0.25) is 0 Å². The van der Waals surface area contributed by atoms with Gasteiger partial charge in [0, 0.05) is 39.4 Å². The summed E-state index contributed by atoms with van der Waals surface area (Å²) in [6.07, 6.45) is 4.71. The minimum Gasteiger partial charge on any atom is -0.355 e. The van der Waals surface area contributed by atoms with Gasteiger partial charge in [-0.25, -0.2) is 0 Å². The van der Waals surface area contributed by atoms with Crippen molar-refractivity contribution in [2.75, 3.05) is 10.2 Å². The van der Waals surface area contributed by atoms with Crippen LogP contribution in [0.2, 0.25) is 0 Å². The third kappa shape index (κ3) is 7.10. The Morgan fingerprint density at radius 3 is 1.65 bits per heavy atom. The van der Waals surface area contributed by atoms with Gasteiger partial charge in [0.05, 0.1) is 0 Å². The van der Waals surface area contributed by atoms with Gasteiger partial charge in [-0.15, -0.1) is 0 Å².